The number of thiocarbonyl (C=S) groups is 1. The molecule has 9 heteroatoms. The number of thioether (sulfide) groups is 1. The van der Waals surface area contributed by atoms with E-state index in [4.69, 9.17) is 17.0 Å². The molecule has 1 aliphatic rings. The van der Waals surface area contributed by atoms with Gasteiger partial charge in [-0.1, -0.05) is 36.1 Å². The van der Waals surface area contributed by atoms with Crippen molar-refractivity contribution in [2.75, 3.05) is 26.9 Å². The van der Waals surface area contributed by atoms with Crippen LogP contribution in [0.15, 0.2) is 24.3 Å². The molecule has 1 aliphatic heterocycles. The molecule has 27 heavy (non-hydrogen) atoms. The van der Waals surface area contributed by atoms with Crippen molar-refractivity contribution < 1.29 is 24.5 Å². The molecule has 1 saturated heterocycles. The summed E-state index contributed by atoms with van der Waals surface area (Å²) < 4.78 is 5.58. The molecule has 3 N–H and O–H groups in total. The molecule has 1 aromatic rings. The van der Waals surface area contributed by atoms with Crippen LogP contribution in [0.25, 0.3) is 0 Å². The number of rotatable bonds is 8. The SMILES string of the molecule is COc1ccc([C@@H]2SC(=S)N(CCC(CO)CO)C(=O)[C@H]2NC(C)=O)cc1. The number of hydrogen-bond donors (Lipinski definition) is 3. The van der Waals surface area contributed by atoms with Crippen molar-refractivity contribution in [1.29, 1.82) is 0 Å². The summed E-state index contributed by atoms with van der Waals surface area (Å²) in [7, 11) is 1.58. The monoisotopic (exact) mass is 412 g/mol. The molecule has 148 valence electrons. The predicted molar refractivity (Wildman–Crippen MR) is 108 cm³/mol. The molecular formula is C18H24N2O5S2. The van der Waals surface area contributed by atoms with E-state index in [0.29, 0.717) is 16.5 Å². The van der Waals surface area contributed by atoms with Crippen molar-refractivity contribution in [1.82, 2.24) is 10.2 Å². The molecule has 0 radical (unpaired) electrons. The molecule has 1 fully saturated rings. The van der Waals surface area contributed by atoms with Gasteiger partial charge in [0.05, 0.1) is 12.4 Å². The second-order valence-electron chi connectivity index (χ2n) is 6.27. The molecule has 1 heterocycles. The number of benzene rings is 1. The standard InChI is InChI=1S/C18H24N2O5S2/c1-11(23)19-15-16(13-3-5-14(25-2)6-4-13)27-18(26)20(17(15)24)8-7-12(9-21)10-22/h3-6,12,15-16,21-22H,7-10H2,1-2H3,(H,19,23)/t15-,16-/m0/s1. The molecule has 1 aromatic carbocycles. The fourth-order valence-electron chi connectivity index (χ4n) is 2.79. The maximum absolute atomic E-state index is 13.0. The number of aliphatic hydroxyl groups is 2. The summed E-state index contributed by atoms with van der Waals surface area (Å²) in [5, 5.41) is 20.8. The van der Waals surface area contributed by atoms with Gasteiger partial charge in [-0.2, -0.15) is 0 Å². The molecular weight excluding hydrogens is 388 g/mol. The van der Waals surface area contributed by atoms with Crippen LogP contribution < -0.4 is 10.1 Å². The van der Waals surface area contributed by atoms with Gasteiger partial charge in [0.2, 0.25) is 5.91 Å². The first kappa shape index (κ1) is 21.6. The van der Waals surface area contributed by atoms with E-state index in [2.05, 4.69) is 5.32 Å². The van der Waals surface area contributed by atoms with Gasteiger partial charge in [-0.05, 0) is 24.1 Å². The Morgan fingerprint density at radius 1 is 1.33 bits per heavy atom. The molecule has 2 atom stereocenters. The Bertz CT molecular complexity index is 679. The Kier molecular flexibility index (Phi) is 8.03. The highest BCUT2D eigenvalue weighted by atomic mass is 32.2. The lowest BCUT2D eigenvalue weighted by molar-refractivity contribution is -0.133. The molecule has 2 amide bonds. The second-order valence-corrected chi connectivity index (χ2v) is 8.04. The minimum atomic E-state index is -0.755. The lowest BCUT2D eigenvalue weighted by atomic mass is 10.0. The van der Waals surface area contributed by atoms with Crippen LogP contribution in [0.2, 0.25) is 0 Å². The van der Waals surface area contributed by atoms with Crippen molar-refractivity contribution in [3.05, 3.63) is 29.8 Å². The minimum absolute atomic E-state index is 0.165. The number of nitrogens with zero attached hydrogens (tertiary/aromatic N) is 1. The van der Waals surface area contributed by atoms with Gasteiger partial charge in [-0.3, -0.25) is 14.5 Å². The van der Waals surface area contributed by atoms with Crippen LogP contribution in [0.4, 0.5) is 0 Å². The molecule has 0 spiro atoms. The normalized spacial score (nSPS) is 20.1. The highest BCUT2D eigenvalue weighted by Crippen LogP contribution is 2.39. The van der Waals surface area contributed by atoms with Crippen LogP contribution in [0.1, 0.15) is 24.2 Å². The third kappa shape index (κ3) is 5.41. The molecule has 0 bridgehead atoms. The summed E-state index contributed by atoms with van der Waals surface area (Å²) in [6, 6.07) is 6.55. The van der Waals surface area contributed by atoms with E-state index in [0.717, 1.165) is 5.56 Å². The zero-order valence-corrected chi connectivity index (χ0v) is 16.9. The van der Waals surface area contributed by atoms with Gasteiger partial charge in [0.1, 0.15) is 16.1 Å². The Hall–Kier alpha value is -1.68. The van der Waals surface area contributed by atoms with Crippen molar-refractivity contribution in [2.45, 2.75) is 24.6 Å². The van der Waals surface area contributed by atoms with Gasteiger partial charge in [-0.25, -0.2) is 0 Å². The van der Waals surface area contributed by atoms with E-state index in [1.165, 1.54) is 23.6 Å². The van der Waals surface area contributed by atoms with Crippen LogP contribution in [0.5, 0.6) is 5.75 Å². The van der Waals surface area contributed by atoms with Crippen LogP contribution in [0, 0.1) is 5.92 Å². The largest absolute Gasteiger partial charge is 0.497 e. The van der Waals surface area contributed by atoms with Crippen LogP contribution in [-0.4, -0.2) is 64.2 Å². The molecule has 2 rings (SSSR count). The number of nitrogens with one attached hydrogen (secondary N) is 1. The maximum Gasteiger partial charge on any atom is 0.252 e. The molecule has 0 aliphatic carbocycles. The average molecular weight is 413 g/mol. The third-order valence-electron chi connectivity index (χ3n) is 4.36. The maximum atomic E-state index is 13.0. The van der Waals surface area contributed by atoms with Gasteiger partial charge in [-0.15, -0.1) is 0 Å². The van der Waals surface area contributed by atoms with Gasteiger partial charge in [0.15, 0.2) is 0 Å². The van der Waals surface area contributed by atoms with Crippen LogP contribution in [0.3, 0.4) is 0 Å². The minimum Gasteiger partial charge on any atom is -0.497 e. The van der Waals surface area contributed by atoms with E-state index in [1.807, 2.05) is 12.1 Å². The molecule has 0 unspecified atom stereocenters. The topological polar surface area (TPSA) is 99.1 Å². The summed E-state index contributed by atoms with van der Waals surface area (Å²) in [6.07, 6.45) is 0.416. The van der Waals surface area contributed by atoms with Gasteiger partial charge in [0.25, 0.3) is 5.91 Å². The van der Waals surface area contributed by atoms with E-state index >= 15 is 0 Å². The number of methoxy groups -OCH3 is 1. The van der Waals surface area contributed by atoms with Crippen molar-refractivity contribution in [3.63, 3.8) is 0 Å². The summed E-state index contributed by atoms with van der Waals surface area (Å²) in [4.78, 5) is 26.1. The van der Waals surface area contributed by atoms with Gasteiger partial charge in [0, 0.05) is 32.6 Å². The average Bonchev–Trinajstić information content (AvgIpc) is 2.66. The first-order chi connectivity index (χ1) is 12.9. The third-order valence-corrected chi connectivity index (χ3v) is 6.09. The number of carbonyl (C=O) groups excluding carboxylic acids is 2. The van der Waals surface area contributed by atoms with E-state index in [1.54, 1.807) is 19.2 Å². The zero-order chi connectivity index (χ0) is 20.0. The van der Waals surface area contributed by atoms with Gasteiger partial charge >= 0.3 is 0 Å². The van der Waals surface area contributed by atoms with Gasteiger partial charge < -0.3 is 20.3 Å². The number of amides is 2. The van der Waals surface area contributed by atoms with Crippen molar-refractivity contribution >= 4 is 40.1 Å². The molecule has 0 saturated carbocycles. The van der Waals surface area contributed by atoms with Crippen LogP contribution >= 0.6 is 24.0 Å². The number of aliphatic hydroxyl groups excluding tert-OH is 2. The number of ether oxygens (including phenoxy) is 1. The fraction of sp³-hybridized carbons (Fsp3) is 0.500. The Morgan fingerprint density at radius 2 is 1.96 bits per heavy atom. The number of carbonyl (C=O) groups is 2. The first-order valence-corrected chi connectivity index (χ1v) is 9.84. The summed E-state index contributed by atoms with van der Waals surface area (Å²) in [5.74, 6) is -0.206. The second kappa shape index (κ2) is 10.0. The summed E-state index contributed by atoms with van der Waals surface area (Å²) >= 11 is 6.76. The Labute approximate surface area is 168 Å². The predicted octanol–water partition coefficient (Wildman–Crippen LogP) is 1.09. The quantitative estimate of drug-likeness (QED) is 0.550. The summed E-state index contributed by atoms with van der Waals surface area (Å²) in [5.41, 5.74) is 0.860. The van der Waals surface area contributed by atoms with Crippen LogP contribution in [-0.2, 0) is 9.59 Å². The Morgan fingerprint density at radius 3 is 2.48 bits per heavy atom. The van der Waals surface area contributed by atoms with Crippen molar-refractivity contribution in [2.24, 2.45) is 5.92 Å². The highest BCUT2D eigenvalue weighted by Gasteiger charge is 2.41. The Balaban J connectivity index is 2.23. The first-order valence-electron chi connectivity index (χ1n) is 8.56. The fourth-order valence-corrected chi connectivity index (χ4v) is 4.42. The molecule has 0 aromatic heterocycles. The number of hydrogen-bond acceptors (Lipinski definition) is 7. The van der Waals surface area contributed by atoms with E-state index in [9.17, 15) is 19.8 Å². The highest BCUT2D eigenvalue weighted by molar-refractivity contribution is 8.23. The lowest BCUT2D eigenvalue weighted by Gasteiger charge is -2.38. The molecule has 7 nitrogen and oxygen atoms in total. The van der Waals surface area contributed by atoms with Crippen molar-refractivity contribution in [3.8, 4) is 5.75 Å². The zero-order valence-electron chi connectivity index (χ0n) is 15.3. The smallest absolute Gasteiger partial charge is 0.252 e. The lowest BCUT2D eigenvalue weighted by Crippen LogP contribution is -2.55. The van der Waals surface area contributed by atoms with E-state index in [-0.39, 0.29) is 42.7 Å². The van der Waals surface area contributed by atoms with E-state index < -0.39 is 6.04 Å². The summed E-state index contributed by atoms with van der Waals surface area (Å²) in [6.45, 7) is 1.32.